The number of nitrogens with one attached hydrogen (secondary N) is 1. The van der Waals surface area contributed by atoms with Gasteiger partial charge in [-0.3, -0.25) is 0 Å². The molecule has 0 amide bonds. The van der Waals surface area contributed by atoms with E-state index >= 15 is 0 Å². The Hall–Kier alpha value is -0.620. The molecule has 0 unspecified atom stereocenters. The molecular formula is C14H21ClN2O2S. The van der Waals surface area contributed by atoms with E-state index in [4.69, 9.17) is 11.6 Å². The molecule has 6 heteroatoms. The van der Waals surface area contributed by atoms with E-state index in [2.05, 4.69) is 12.2 Å². The monoisotopic (exact) mass is 316 g/mol. The Morgan fingerprint density at radius 1 is 1.45 bits per heavy atom. The van der Waals surface area contributed by atoms with Crippen molar-refractivity contribution in [2.75, 3.05) is 19.6 Å². The van der Waals surface area contributed by atoms with Crippen molar-refractivity contribution in [3.05, 3.63) is 28.8 Å². The fraction of sp³-hybridized carbons (Fsp3) is 0.571. The molecule has 1 aliphatic rings. The molecule has 1 atom stereocenters. The first-order valence-corrected chi connectivity index (χ1v) is 8.79. The zero-order valence-corrected chi connectivity index (χ0v) is 13.5. The van der Waals surface area contributed by atoms with Crippen molar-refractivity contribution in [2.45, 2.75) is 37.6 Å². The molecule has 1 aromatic carbocycles. The van der Waals surface area contributed by atoms with Crippen LogP contribution in [0.2, 0.25) is 5.02 Å². The van der Waals surface area contributed by atoms with Gasteiger partial charge in [-0.15, -0.1) is 0 Å². The van der Waals surface area contributed by atoms with Crippen LogP contribution in [-0.4, -0.2) is 38.4 Å². The fourth-order valence-corrected chi connectivity index (χ4v) is 4.50. The average molecular weight is 317 g/mol. The van der Waals surface area contributed by atoms with E-state index in [1.165, 1.54) is 4.31 Å². The SMILES string of the molecule is CCCc1ccc(Cl)c(S(=O)(=O)N2CCN[C@@H](C)C2)c1. The third-order valence-electron chi connectivity index (χ3n) is 3.48. The zero-order valence-electron chi connectivity index (χ0n) is 11.9. The third kappa shape index (κ3) is 3.34. The van der Waals surface area contributed by atoms with E-state index in [0.29, 0.717) is 24.7 Å². The molecule has 0 saturated carbocycles. The maximum Gasteiger partial charge on any atom is 0.244 e. The van der Waals surface area contributed by atoms with Crippen LogP contribution in [0.4, 0.5) is 0 Å². The van der Waals surface area contributed by atoms with Crippen LogP contribution in [0.5, 0.6) is 0 Å². The number of piperazine rings is 1. The van der Waals surface area contributed by atoms with Gasteiger partial charge in [-0.2, -0.15) is 4.31 Å². The number of aryl methyl sites for hydroxylation is 1. The van der Waals surface area contributed by atoms with E-state index in [-0.39, 0.29) is 10.9 Å². The molecular weight excluding hydrogens is 296 g/mol. The first-order chi connectivity index (χ1) is 9.45. The summed E-state index contributed by atoms with van der Waals surface area (Å²) in [6, 6.07) is 5.46. The summed E-state index contributed by atoms with van der Waals surface area (Å²) in [7, 11) is -3.51. The lowest BCUT2D eigenvalue weighted by atomic mass is 10.1. The molecule has 1 fully saturated rings. The molecule has 20 heavy (non-hydrogen) atoms. The summed E-state index contributed by atoms with van der Waals surface area (Å²) in [5.41, 5.74) is 1.01. The number of nitrogens with zero attached hydrogens (tertiary/aromatic N) is 1. The van der Waals surface area contributed by atoms with Gasteiger partial charge in [0.2, 0.25) is 10.0 Å². The van der Waals surface area contributed by atoms with Crippen LogP contribution < -0.4 is 5.32 Å². The van der Waals surface area contributed by atoms with Gasteiger partial charge in [0, 0.05) is 25.7 Å². The van der Waals surface area contributed by atoms with Gasteiger partial charge >= 0.3 is 0 Å². The Bertz CT molecular complexity index is 575. The summed E-state index contributed by atoms with van der Waals surface area (Å²) in [6.45, 7) is 5.70. The van der Waals surface area contributed by atoms with E-state index in [0.717, 1.165) is 18.4 Å². The Morgan fingerprint density at radius 3 is 2.85 bits per heavy atom. The molecule has 1 N–H and O–H groups in total. The van der Waals surface area contributed by atoms with Crippen LogP contribution in [0.1, 0.15) is 25.8 Å². The van der Waals surface area contributed by atoms with E-state index < -0.39 is 10.0 Å². The predicted molar refractivity (Wildman–Crippen MR) is 81.7 cm³/mol. The van der Waals surface area contributed by atoms with Crippen molar-refractivity contribution in [1.82, 2.24) is 9.62 Å². The highest BCUT2D eigenvalue weighted by Gasteiger charge is 2.30. The highest BCUT2D eigenvalue weighted by molar-refractivity contribution is 7.89. The Kier molecular flexibility index (Phi) is 5.07. The molecule has 112 valence electrons. The summed E-state index contributed by atoms with van der Waals surface area (Å²) in [5.74, 6) is 0. The number of rotatable bonds is 4. The molecule has 0 radical (unpaired) electrons. The van der Waals surface area contributed by atoms with Gasteiger partial charge in [0.1, 0.15) is 4.90 Å². The van der Waals surface area contributed by atoms with Gasteiger partial charge in [-0.25, -0.2) is 8.42 Å². The van der Waals surface area contributed by atoms with Crippen LogP contribution in [0.15, 0.2) is 23.1 Å². The topological polar surface area (TPSA) is 49.4 Å². The second-order valence-electron chi connectivity index (χ2n) is 5.23. The molecule has 4 nitrogen and oxygen atoms in total. The molecule has 2 rings (SSSR count). The smallest absolute Gasteiger partial charge is 0.244 e. The normalized spacial score (nSPS) is 21.1. The van der Waals surface area contributed by atoms with E-state index in [1.807, 2.05) is 13.0 Å². The minimum atomic E-state index is -3.51. The number of hydrogen-bond acceptors (Lipinski definition) is 3. The quantitative estimate of drug-likeness (QED) is 0.927. The third-order valence-corrected chi connectivity index (χ3v) is 5.83. The first-order valence-electron chi connectivity index (χ1n) is 6.97. The van der Waals surface area contributed by atoms with Gasteiger partial charge in [-0.05, 0) is 31.0 Å². The molecule has 1 aromatic rings. The maximum absolute atomic E-state index is 12.7. The number of sulfonamides is 1. The summed E-state index contributed by atoms with van der Waals surface area (Å²) < 4.78 is 27.0. The first kappa shape index (κ1) is 15.8. The highest BCUT2D eigenvalue weighted by atomic mass is 35.5. The minimum Gasteiger partial charge on any atom is -0.312 e. The average Bonchev–Trinajstić information content (AvgIpc) is 2.41. The van der Waals surface area contributed by atoms with Crippen molar-refractivity contribution in [2.24, 2.45) is 0 Å². The van der Waals surface area contributed by atoms with Crippen molar-refractivity contribution >= 4 is 21.6 Å². The molecule has 1 saturated heterocycles. The maximum atomic E-state index is 12.7. The van der Waals surface area contributed by atoms with Crippen molar-refractivity contribution < 1.29 is 8.42 Å². The molecule has 0 aliphatic carbocycles. The minimum absolute atomic E-state index is 0.163. The summed E-state index contributed by atoms with van der Waals surface area (Å²) in [4.78, 5) is 0.235. The summed E-state index contributed by atoms with van der Waals surface area (Å²) >= 11 is 6.12. The Balaban J connectivity index is 2.35. The van der Waals surface area contributed by atoms with Crippen molar-refractivity contribution in [3.8, 4) is 0 Å². The van der Waals surface area contributed by atoms with Crippen LogP contribution in [0.3, 0.4) is 0 Å². The number of benzene rings is 1. The largest absolute Gasteiger partial charge is 0.312 e. The van der Waals surface area contributed by atoms with Crippen molar-refractivity contribution in [3.63, 3.8) is 0 Å². The molecule has 1 aliphatic heterocycles. The van der Waals surface area contributed by atoms with Gasteiger partial charge in [0.15, 0.2) is 0 Å². The number of halogens is 1. The molecule has 0 spiro atoms. The summed E-state index contributed by atoms with van der Waals surface area (Å²) in [6.07, 6.45) is 1.84. The van der Waals surface area contributed by atoms with Gasteiger partial charge in [0.05, 0.1) is 5.02 Å². The van der Waals surface area contributed by atoms with Crippen LogP contribution in [0, 0.1) is 0 Å². The highest BCUT2D eigenvalue weighted by Crippen LogP contribution is 2.27. The van der Waals surface area contributed by atoms with E-state index in [9.17, 15) is 8.42 Å². The predicted octanol–water partition coefficient (Wildman–Crippen LogP) is 2.27. The second kappa shape index (κ2) is 6.43. The summed E-state index contributed by atoms with van der Waals surface area (Å²) in [5, 5.41) is 3.54. The van der Waals surface area contributed by atoms with Gasteiger partial charge < -0.3 is 5.32 Å². The van der Waals surface area contributed by atoms with E-state index in [1.54, 1.807) is 12.1 Å². The van der Waals surface area contributed by atoms with Crippen LogP contribution >= 0.6 is 11.6 Å². The Morgan fingerprint density at radius 2 is 2.20 bits per heavy atom. The van der Waals surface area contributed by atoms with Crippen LogP contribution in [0.25, 0.3) is 0 Å². The lowest BCUT2D eigenvalue weighted by Crippen LogP contribution is -2.51. The second-order valence-corrected chi connectivity index (χ2v) is 7.55. The molecule has 0 bridgehead atoms. The standard InChI is InChI=1S/C14H21ClN2O2S/c1-3-4-12-5-6-13(15)14(9-12)20(18,19)17-8-7-16-11(2)10-17/h5-6,9,11,16H,3-4,7-8,10H2,1-2H3/t11-/m0/s1. The Labute approximate surface area is 126 Å². The lowest BCUT2D eigenvalue weighted by molar-refractivity contribution is 0.310. The molecule has 1 heterocycles. The molecule has 0 aromatic heterocycles. The fourth-order valence-electron chi connectivity index (χ4n) is 2.44. The lowest BCUT2D eigenvalue weighted by Gasteiger charge is -2.31. The number of hydrogen-bond donors (Lipinski definition) is 1. The van der Waals surface area contributed by atoms with Gasteiger partial charge in [0.25, 0.3) is 0 Å². The zero-order chi connectivity index (χ0) is 14.8. The van der Waals surface area contributed by atoms with Gasteiger partial charge in [-0.1, -0.05) is 31.0 Å². The van der Waals surface area contributed by atoms with Crippen molar-refractivity contribution in [1.29, 1.82) is 0 Å². The van der Waals surface area contributed by atoms with Crippen LogP contribution in [-0.2, 0) is 16.4 Å².